The molecule has 1 aliphatic rings. The zero-order chi connectivity index (χ0) is 11.3. The second kappa shape index (κ2) is 6.46. The van der Waals surface area contributed by atoms with E-state index in [1.54, 1.807) is 7.11 Å². The van der Waals surface area contributed by atoms with E-state index in [2.05, 4.69) is 18.7 Å². The van der Waals surface area contributed by atoms with Crippen LogP contribution >= 0.6 is 0 Å². The first-order valence-electron chi connectivity index (χ1n) is 6.12. The predicted molar refractivity (Wildman–Crippen MR) is 63.9 cm³/mol. The van der Waals surface area contributed by atoms with Gasteiger partial charge in [-0.05, 0) is 31.7 Å². The minimum absolute atomic E-state index is 0.169. The number of rotatable bonds is 8. The summed E-state index contributed by atoms with van der Waals surface area (Å²) in [7, 11) is 1.72. The van der Waals surface area contributed by atoms with Gasteiger partial charge in [0.05, 0.1) is 6.61 Å². The molecule has 0 aromatic rings. The van der Waals surface area contributed by atoms with Gasteiger partial charge in [-0.15, -0.1) is 0 Å². The Morgan fingerprint density at radius 3 is 2.53 bits per heavy atom. The SMILES string of the molecule is COCC(N)CN(CCC(C)C)C1CC1. The van der Waals surface area contributed by atoms with E-state index in [-0.39, 0.29) is 6.04 Å². The second-order valence-corrected chi connectivity index (χ2v) is 5.12. The van der Waals surface area contributed by atoms with E-state index in [9.17, 15) is 0 Å². The maximum atomic E-state index is 5.99. The summed E-state index contributed by atoms with van der Waals surface area (Å²) >= 11 is 0. The third kappa shape index (κ3) is 5.50. The van der Waals surface area contributed by atoms with Crippen LogP contribution in [0.2, 0.25) is 0 Å². The lowest BCUT2D eigenvalue weighted by Gasteiger charge is -2.25. The van der Waals surface area contributed by atoms with Crippen LogP contribution in [0, 0.1) is 5.92 Å². The van der Waals surface area contributed by atoms with Crippen LogP contribution in [0.3, 0.4) is 0 Å². The fourth-order valence-corrected chi connectivity index (χ4v) is 1.85. The number of nitrogens with zero attached hydrogens (tertiary/aromatic N) is 1. The summed E-state index contributed by atoms with van der Waals surface area (Å²) < 4.78 is 5.08. The first kappa shape index (κ1) is 12.9. The molecule has 1 aliphatic carbocycles. The van der Waals surface area contributed by atoms with Crippen molar-refractivity contribution in [1.82, 2.24) is 4.90 Å². The largest absolute Gasteiger partial charge is 0.383 e. The Kier molecular flexibility index (Phi) is 5.58. The monoisotopic (exact) mass is 214 g/mol. The molecule has 0 saturated heterocycles. The van der Waals surface area contributed by atoms with Crippen LogP contribution in [-0.2, 0) is 4.74 Å². The normalized spacial score (nSPS) is 18.8. The van der Waals surface area contributed by atoms with Gasteiger partial charge in [-0.3, -0.25) is 4.90 Å². The molecule has 0 aromatic carbocycles. The molecular formula is C12H26N2O. The van der Waals surface area contributed by atoms with E-state index in [1.165, 1.54) is 25.8 Å². The smallest absolute Gasteiger partial charge is 0.0626 e. The molecule has 3 nitrogen and oxygen atoms in total. The Morgan fingerprint density at radius 1 is 1.40 bits per heavy atom. The van der Waals surface area contributed by atoms with Gasteiger partial charge in [0.2, 0.25) is 0 Å². The molecule has 1 saturated carbocycles. The van der Waals surface area contributed by atoms with E-state index >= 15 is 0 Å². The Hall–Kier alpha value is -0.120. The van der Waals surface area contributed by atoms with Crippen molar-refractivity contribution < 1.29 is 4.74 Å². The van der Waals surface area contributed by atoms with Gasteiger partial charge < -0.3 is 10.5 Å². The Balaban J connectivity index is 2.23. The lowest BCUT2D eigenvalue weighted by atomic mass is 10.1. The molecule has 15 heavy (non-hydrogen) atoms. The molecule has 1 unspecified atom stereocenters. The summed E-state index contributed by atoms with van der Waals surface area (Å²) in [5.74, 6) is 0.782. The van der Waals surface area contributed by atoms with Crippen LogP contribution < -0.4 is 5.73 Å². The van der Waals surface area contributed by atoms with Gasteiger partial charge in [0.15, 0.2) is 0 Å². The van der Waals surface area contributed by atoms with E-state index in [4.69, 9.17) is 10.5 Å². The zero-order valence-corrected chi connectivity index (χ0v) is 10.4. The Labute approximate surface area is 94.0 Å². The van der Waals surface area contributed by atoms with Crippen LogP contribution in [0.1, 0.15) is 33.1 Å². The molecule has 1 atom stereocenters. The number of hydrogen-bond acceptors (Lipinski definition) is 3. The van der Waals surface area contributed by atoms with Gasteiger partial charge in [-0.2, -0.15) is 0 Å². The van der Waals surface area contributed by atoms with Crippen molar-refractivity contribution in [3.8, 4) is 0 Å². The van der Waals surface area contributed by atoms with Gasteiger partial charge in [-0.25, -0.2) is 0 Å². The Morgan fingerprint density at radius 2 is 2.07 bits per heavy atom. The zero-order valence-electron chi connectivity index (χ0n) is 10.4. The number of methoxy groups -OCH3 is 1. The topological polar surface area (TPSA) is 38.5 Å². The quantitative estimate of drug-likeness (QED) is 0.665. The highest BCUT2D eigenvalue weighted by Gasteiger charge is 2.29. The standard InChI is InChI=1S/C12H26N2O/c1-10(2)6-7-14(12-4-5-12)8-11(13)9-15-3/h10-12H,4-9,13H2,1-3H3. The van der Waals surface area contributed by atoms with Crippen LogP contribution in [0.4, 0.5) is 0 Å². The molecule has 0 spiro atoms. The maximum Gasteiger partial charge on any atom is 0.0626 e. The molecular weight excluding hydrogens is 188 g/mol. The molecule has 0 heterocycles. The molecule has 0 aromatic heterocycles. The number of hydrogen-bond donors (Lipinski definition) is 1. The molecule has 0 radical (unpaired) electrons. The summed E-state index contributed by atoms with van der Waals surface area (Å²) in [6, 6.07) is 0.981. The fourth-order valence-electron chi connectivity index (χ4n) is 1.85. The second-order valence-electron chi connectivity index (χ2n) is 5.12. The van der Waals surface area contributed by atoms with Crippen molar-refractivity contribution in [2.45, 2.75) is 45.2 Å². The number of ether oxygens (including phenoxy) is 1. The first-order valence-corrected chi connectivity index (χ1v) is 6.12. The molecule has 0 aliphatic heterocycles. The highest BCUT2D eigenvalue weighted by Crippen LogP contribution is 2.27. The average Bonchev–Trinajstić information content (AvgIpc) is 2.95. The van der Waals surface area contributed by atoms with Gasteiger partial charge in [0.25, 0.3) is 0 Å². The summed E-state index contributed by atoms with van der Waals surface area (Å²) in [6.07, 6.45) is 3.99. The van der Waals surface area contributed by atoms with Crippen LogP contribution in [0.5, 0.6) is 0 Å². The van der Waals surface area contributed by atoms with Crippen molar-refractivity contribution in [1.29, 1.82) is 0 Å². The van der Waals surface area contributed by atoms with Gasteiger partial charge >= 0.3 is 0 Å². The van der Waals surface area contributed by atoms with Gasteiger partial charge in [-0.1, -0.05) is 13.8 Å². The van der Waals surface area contributed by atoms with Gasteiger partial charge in [0.1, 0.15) is 0 Å². The van der Waals surface area contributed by atoms with Gasteiger partial charge in [0, 0.05) is 25.7 Å². The molecule has 90 valence electrons. The lowest BCUT2D eigenvalue weighted by Crippen LogP contribution is -2.42. The van der Waals surface area contributed by atoms with Crippen LogP contribution in [-0.4, -0.2) is 43.8 Å². The minimum atomic E-state index is 0.169. The number of nitrogens with two attached hydrogens (primary N) is 1. The highest BCUT2D eigenvalue weighted by molar-refractivity contribution is 4.86. The van der Waals surface area contributed by atoms with Crippen molar-refractivity contribution in [3.05, 3.63) is 0 Å². The molecule has 2 N–H and O–H groups in total. The average molecular weight is 214 g/mol. The maximum absolute atomic E-state index is 5.99. The highest BCUT2D eigenvalue weighted by atomic mass is 16.5. The molecule has 1 rings (SSSR count). The summed E-state index contributed by atoms with van der Waals surface area (Å²) in [5.41, 5.74) is 5.99. The van der Waals surface area contributed by atoms with Crippen molar-refractivity contribution in [2.75, 3.05) is 26.8 Å². The molecule has 0 bridgehead atoms. The fraction of sp³-hybridized carbons (Fsp3) is 1.00. The van der Waals surface area contributed by atoms with E-state index < -0.39 is 0 Å². The van der Waals surface area contributed by atoms with Crippen LogP contribution in [0.15, 0.2) is 0 Å². The van der Waals surface area contributed by atoms with Crippen LogP contribution in [0.25, 0.3) is 0 Å². The molecule has 3 heteroatoms. The predicted octanol–water partition coefficient (Wildman–Crippen LogP) is 1.47. The lowest BCUT2D eigenvalue weighted by molar-refractivity contribution is 0.148. The van der Waals surface area contributed by atoms with E-state index in [0.717, 1.165) is 18.5 Å². The third-order valence-electron chi connectivity index (χ3n) is 2.91. The van der Waals surface area contributed by atoms with E-state index in [1.807, 2.05) is 0 Å². The summed E-state index contributed by atoms with van der Waals surface area (Å²) in [4.78, 5) is 2.55. The molecule has 0 amide bonds. The first-order chi connectivity index (χ1) is 7.13. The Bertz CT molecular complexity index is 169. The molecule has 1 fully saturated rings. The summed E-state index contributed by atoms with van der Waals surface area (Å²) in [5, 5.41) is 0. The van der Waals surface area contributed by atoms with E-state index in [0.29, 0.717) is 6.61 Å². The van der Waals surface area contributed by atoms with Crippen molar-refractivity contribution >= 4 is 0 Å². The van der Waals surface area contributed by atoms with Crippen molar-refractivity contribution in [3.63, 3.8) is 0 Å². The van der Waals surface area contributed by atoms with Crippen molar-refractivity contribution in [2.24, 2.45) is 11.7 Å². The minimum Gasteiger partial charge on any atom is -0.383 e. The summed E-state index contributed by atoms with van der Waals surface area (Å²) in [6.45, 7) is 7.41. The third-order valence-corrected chi connectivity index (χ3v) is 2.91.